The fourth-order valence-corrected chi connectivity index (χ4v) is 3.11. The van der Waals surface area contributed by atoms with Crippen molar-refractivity contribution >= 4 is 11.7 Å². The lowest BCUT2D eigenvalue weighted by Gasteiger charge is -2.14. The van der Waals surface area contributed by atoms with Crippen molar-refractivity contribution in [2.45, 2.75) is 32.4 Å². The molecule has 0 aromatic heterocycles. The molecule has 0 bridgehead atoms. The maximum absolute atomic E-state index is 12.0. The van der Waals surface area contributed by atoms with Crippen LogP contribution in [0.15, 0.2) is 42.5 Å². The highest BCUT2D eigenvalue weighted by Gasteiger charge is 2.11. The highest BCUT2D eigenvalue weighted by molar-refractivity contribution is 5.73. The van der Waals surface area contributed by atoms with E-state index in [9.17, 15) is 4.79 Å². The molecule has 126 valence electrons. The van der Waals surface area contributed by atoms with E-state index in [1.165, 1.54) is 29.5 Å². The van der Waals surface area contributed by atoms with Crippen molar-refractivity contribution in [3.05, 3.63) is 64.7 Å². The molecule has 0 spiro atoms. The molecule has 24 heavy (non-hydrogen) atoms. The fourth-order valence-electron chi connectivity index (χ4n) is 3.11. The van der Waals surface area contributed by atoms with Crippen LogP contribution < -0.4 is 15.5 Å². The second kappa shape index (κ2) is 7.39. The SMILES string of the molecule is CN(C)c1cccc(CNC(=O)NCc2ccc3c(c2)CCC3)c1. The lowest BCUT2D eigenvalue weighted by Crippen LogP contribution is -2.34. The molecule has 2 amide bonds. The Bertz CT molecular complexity index is 725. The number of anilines is 1. The van der Waals surface area contributed by atoms with E-state index >= 15 is 0 Å². The molecule has 1 aliphatic carbocycles. The highest BCUT2D eigenvalue weighted by atomic mass is 16.2. The topological polar surface area (TPSA) is 44.4 Å². The van der Waals surface area contributed by atoms with E-state index in [2.05, 4.69) is 45.9 Å². The third-order valence-electron chi connectivity index (χ3n) is 4.50. The molecule has 0 aliphatic heterocycles. The Morgan fingerprint density at radius 3 is 2.42 bits per heavy atom. The summed E-state index contributed by atoms with van der Waals surface area (Å²) in [5, 5.41) is 5.86. The number of nitrogens with zero attached hydrogens (tertiary/aromatic N) is 1. The van der Waals surface area contributed by atoms with Gasteiger partial charge in [-0.2, -0.15) is 0 Å². The van der Waals surface area contributed by atoms with E-state index < -0.39 is 0 Å². The molecule has 4 heteroatoms. The van der Waals surface area contributed by atoms with Crippen molar-refractivity contribution in [2.24, 2.45) is 0 Å². The van der Waals surface area contributed by atoms with Crippen molar-refractivity contribution in [2.75, 3.05) is 19.0 Å². The summed E-state index contributed by atoms with van der Waals surface area (Å²) in [7, 11) is 4.02. The van der Waals surface area contributed by atoms with Gasteiger partial charge in [0, 0.05) is 32.9 Å². The van der Waals surface area contributed by atoms with Gasteiger partial charge in [0.25, 0.3) is 0 Å². The Morgan fingerprint density at radius 2 is 1.67 bits per heavy atom. The maximum atomic E-state index is 12.0. The summed E-state index contributed by atoms with van der Waals surface area (Å²) in [5.41, 5.74) is 6.29. The first-order chi connectivity index (χ1) is 11.6. The second-order valence-electron chi connectivity index (χ2n) is 6.56. The Labute approximate surface area is 143 Å². The van der Waals surface area contributed by atoms with Crippen LogP contribution in [0.25, 0.3) is 0 Å². The summed E-state index contributed by atoms with van der Waals surface area (Å²) >= 11 is 0. The van der Waals surface area contributed by atoms with Gasteiger partial charge in [0.1, 0.15) is 0 Å². The number of aryl methyl sites for hydroxylation is 2. The summed E-state index contributed by atoms with van der Waals surface area (Å²) in [6.45, 7) is 1.09. The standard InChI is InChI=1S/C20H25N3O/c1-23(2)19-8-3-5-15(12-19)13-21-20(24)22-14-16-9-10-17-6-4-7-18(17)11-16/h3,5,8-12H,4,6-7,13-14H2,1-2H3,(H2,21,22,24). The van der Waals surface area contributed by atoms with Crippen LogP contribution in [0.3, 0.4) is 0 Å². The first kappa shape index (κ1) is 16.4. The van der Waals surface area contributed by atoms with Crippen molar-refractivity contribution in [1.82, 2.24) is 10.6 Å². The molecule has 1 aliphatic rings. The number of hydrogen-bond acceptors (Lipinski definition) is 2. The average Bonchev–Trinajstić information content (AvgIpc) is 3.06. The molecule has 4 nitrogen and oxygen atoms in total. The molecule has 3 rings (SSSR count). The first-order valence-corrected chi connectivity index (χ1v) is 8.50. The minimum Gasteiger partial charge on any atom is -0.378 e. The number of hydrogen-bond donors (Lipinski definition) is 2. The number of benzene rings is 2. The summed E-state index contributed by atoms with van der Waals surface area (Å²) in [5.74, 6) is 0. The van der Waals surface area contributed by atoms with Crippen LogP contribution in [0.1, 0.15) is 28.7 Å². The van der Waals surface area contributed by atoms with Gasteiger partial charge < -0.3 is 15.5 Å². The van der Waals surface area contributed by atoms with E-state index in [1.54, 1.807) is 0 Å². The molecule has 0 saturated carbocycles. The quantitative estimate of drug-likeness (QED) is 0.887. The zero-order chi connectivity index (χ0) is 16.9. The predicted molar refractivity (Wildman–Crippen MR) is 98.3 cm³/mol. The number of nitrogens with one attached hydrogen (secondary N) is 2. The third-order valence-corrected chi connectivity index (χ3v) is 4.50. The van der Waals surface area contributed by atoms with Gasteiger partial charge >= 0.3 is 6.03 Å². The number of fused-ring (bicyclic) bond motifs is 1. The second-order valence-corrected chi connectivity index (χ2v) is 6.56. The predicted octanol–water partition coefficient (Wildman–Crippen LogP) is 3.24. The summed E-state index contributed by atoms with van der Waals surface area (Å²) < 4.78 is 0. The Balaban J connectivity index is 1.48. The van der Waals surface area contributed by atoms with E-state index in [0.29, 0.717) is 13.1 Å². The molecule has 0 unspecified atom stereocenters. The Kier molecular flexibility index (Phi) is 5.04. The van der Waals surface area contributed by atoms with Crippen LogP contribution in [0.2, 0.25) is 0 Å². The number of carbonyl (C=O) groups is 1. The smallest absolute Gasteiger partial charge is 0.315 e. The molecule has 0 saturated heterocycles. The van der Waals surface area contributed by atoms with Crippen LogP contribution in [0.5, 0.6) is 0 Å². The zero-order valence-electron chi connectivity index (χ0n) is 14.4. The zero-order valence-corrected chi connectivity index (χ0v) is 14.4. The van der Waals surface area contributed by atoms with Crippen LogP contribution in [-0.2, 0) is 25.9 Å². The van der Waals surface area contributed by atoms with Gasteiger partial charge in [-0.1, -0.05) is 30.3 Å². The molecule has 0 fully saturated rings. The Hall–Kier alpha value is -2.49. The lowest BCUT2D eigenvalue weighted by molar-refractivity contribution is 0.240. The third kappa shape index (κ3) is 4.07. The summed E-state index contributed by atoms with van der Waals surface area (Å²) in [6, 6.07) is 14.6. The fraction of sp³-hybridized carbons (Fsp3) is 0.350. The molecule has 2 aromatic carbocycles. The van der Waals surface area contributed by atoms with E-state index in [0.717, 1.165) is 17.7 Å². The highest BCUT2D eigenvalue weighted by Crippen LogP contribution is 2.22. The minimum atomic E-state index is -0.134. The van der Waals surface area contributed by atoms with Crippen molar-refractivity contribution in [3.8, 4) is 0 Å². The number of rotatable bonds is 5. The Morgan fingerprint density at radius 1 is 0.958 bits per heavy atom. The average molecular weight is 323 g/mol. The van der Waals surface area contributed by atoms with Crippen molar-refractivity contribution in [3.63, 3.8) is 0 Å². The maximum Gasteiger partial charge on any atom is 0.315 e. The van der Waals surface area contributed by atoms with Crippen LogP contribution in [0, 0.1) is 0 Å². The largest absolute Gasteiger partial charge is 0.378 e. The van der Waals surface area contributed by atoms with E-state index in [1.807, 2.05) is 26.2 Å². The van der Waals surface area contributed by atoms with Gasteiger partial charge in [-0.15, -0.1) is 0 Å². The molecular formula is C20H25N3O. The van der Waals surface area contributed by atoms with Gasteiger partial charge in [-0.3, -0.25) is 0 Å². The molecule has 0 heterocycles. The minimum absolute atomic E-state index is 0.134. The van der Waals surface area contributed by atoms with Gasteiger partial charge in [0.05, 0.1) is 0 Å². The molecule has 2 aromatic rings. The van der Waals surface area contributed by atoms with Gasteiger partial charge in [-0.25, -0.2) is 4.79 Å². The van der Waals surface area contributed by atoms with Gasteiger partial charge in [0.15, 0.2) is 0 Å². The molecule has 2 N–H and O–H groups in total. The van der Waals surface area contributed by atoms with E-state index in [4.69, 9.17) is 0 Å². The molecule has 0 atom stereocenters. The molecular weight excluding hydrogens is 298 g/mol. The van der Waals surface area contributed by atoms with Crippen LogP contribution >= 0.6 is 0 Å². The van der Waals surface area contributed by atoms with E-state index in [-0.39, 0.29) is 6.03 Å². The number of amides is 2. The van der Waals surface area contributed by atoms with Gasteiger partial charge in [0.2, 0.25) is 0 Å². The first-order valence-electron chi connectivity index (χ1n) is 8.50. The monoisotopic (exact) mass is 323 g/mol. The normalized spacial score (nSPS) is 12.6. The summed E-state index contributed by atoms with van der Waals surface area (Å²) in [6.07, 6.45) is 3.60. The van der Waals surface area contributed by atoms with Crippen molar-refractivity contribution in [1.29, 1.82) is 0 Å². The molecule has 0 radical (unpaired) electrons. The van der Waals surface area contributed by atoms with Gasteiger partial charge in [-0.05, 0) is 53.6 Å². The van der Waals surface area contributed by atoms with Crippen molar-refractivity contribution < 1.29 is 4.79 Å². The van der Waals surface area contributed by atoms with Crippen LogP contribution in [-0.4, -0.2) is 20.1 Å². The lowest BCUT2D eigenvalue weighted by atomic mass is 10.1. The number of urea groups is 1. The summed E-state index contributed by atoms with van der Waals surface area (Å²) in [4.78, 5) is 14.1. The van der Waals surface area contributed by atoms with Crippen LogP contribution in [0.4, 0.5) is 10.5 Å². The number of carbonyl (C=O) groups excluding carboxylic acids is 1.